The highest BCUT2D eigenvalue weighted by Crippen LogP contribution is 2.36. The fourth-order valence-corrected chi connectivity index (χ4v) is 5.73. The third-order valence-electron chi connectivity index (χ3n) is 5.79. The van der Waals surface area contributed by atoms with E-state index in [1.807, 2.05) is 42.5 Å². The third-order valence-corrected chi connectivity index (χ3v) is 7.50. The summed E-state index contributed by atoms with van der Waals surface area (Å²) in [5.41, 5.74) is 2.76. The van der Waals surface area contributed by atoms with Crippen LogP contribution in [0.2, 0.25) is 0 Å². The van der Waals surface area contributed by atoms with E-state index in [1.165, 1.54) is 11.3 Å². The maximum Gasteiger partial charge on any atom is 0.341 e. The summed E-state index contributed by atoms with van der Waals surface area (Å²) in [5, 5.41) is 3.40. The number of benzene rings is 2. The lowest BCUT2D eigenvalue weighted by Gasteiger charge is -2.35. The molecule has 11 heteroatoms. The van der Waals surface area contributed by atoms with Crippen LogP contribution in [0.25, 0.3) is 10.4 Å². The minimum absolute atomic E-state index is 0.195. The van der Waals surface area contributed by atoms with Crippen molar-refractivity contribution in [1.82, 2.24) is 4.90 Å². The summed E-state index contributed by atoms with van der Waals surface area (Å²) in [6.45, 7) is 4.92. The molecule has 0 unspecified atom stereocenters. The van der Waals surface area contributed by atoms with Gasteiger partial charge in [-0.1, -0.05) is 36.4 Å². The largest absolute Gasteiger partial charge is 0.462 e. The normalized spacial score (nSPS) is 14.3. The lowest BCUT2D eigenvalue weighted by Crippen LogP contribution is -2.48. The minimum atomic E-state index is -3.35. The van der Waals surface area contributed by atoms with Crippen LogP contribution in [0.3, 0.4) is 0 Å². The molecule has 1 fully saturated rings. The molecule has 37 heavy (non-hydrogen) atoms. The number of carbonyl (C=O) groups excluding carboxylic acids is 2. The van der Waals surface area contributed by atoms with Crippen molar-refractivity contribution in [2.45, 2.75) is 6.92 Å². The van der Waals surface area contributed by atoms with Crippen molar-refractivity contribution >= 4 is 49.6 Å². The molecule has 0 saturated carbocycles. The van der Waals surface area contributed by atoms with Crippen LogP contribution < -0.4 is 14.9 Å². The van der Waals surface area contributed by atoms with Crippen LogP contribution in [0.5, 0.6) is 0 Å². The van der Waals surface area contributed by atoms with Gasteiger partial charge in [-0.25, -0.2) is 13.2 Å². The number of amides is 1. The second kappa shape index (κ2) is 11.8. The Morgan fingerprint density at radius 2 is 1.73 bits per heavy atom. The van der Waals surface area contributed by atoms with Gasteiger partial charge in [-0.05, 0) is 36.8 Å². The van der Waals surface area contributed by atoms with Crippen molar-refractivity contribution in [2.24, 2.45) is 0 Å². The van der Waals surface area contributed by atoms with Crippen LogP contribution in [0.4, 0.5) is 16.4 Å². The van der Waals surface area contributed by atoms with Gasteiger partial charge in [0.1, 0.15) is 5.00 Å². The summed E-state index contributed by atoms with van der Waals surface area (Å²) in [7, 11) is -3.35. The van der Waals surface area contributed by atoms with Crippen molar-refractivity contribution < 1.29 is 22.7 Å². The predicted octanol–water partition coefficient (Wildman–Crippen LogP) is 3.72. The number of thiophene rings is 1. The molecule has 4 rings (SSSR count). The van der Waals surface area contributed by atoms with E-state index in [1.54, 1.807) is 25.1 Å². The highest BCUT2D eigenvalue weighted by atomic mass is 32.2. The first kappa shape index (κ1) is 26.6. The highest BCUT2D eigenvalue weighted by molar-refractivity contribution is 7.92. The fourth-order valence-electron chi connectivity index (χ4n) is 4.10. The number of anilines is 3. The third kappa shape index (κ3) is 7.31. The molecule has 2 N–H and O–H groups in total. The van der Waals surface area contributed by atoms with E-state index >= 15 is 0 Å². The fraction of sp³-hybridized carbons (Fsp3) is 0.308. The van der Waals surface area contributed by atoms with Crippen molar-refractivity contribution in [3.05, 3.63) is 66.2 Å². The molecule has 0 spiro atoms. The highest BCUT2D eigenvalue weighted by Gasteiger charge is 2.23. The number of piperazine rings is 1. The van der Waals surface area contributed by atoms with Gasteiger partial charge in [0.05, 0.1) is 30.7 Å². The number of hydrogen-bond acceptors (Lipinski definition) is 8. The lowest BCUT2D eigenvalue weighted by molar-refractivity contribution is -0.117. The number of nitrogens with zero attached hydrogens (tertiary/aromatic N) is 2. The van der Waals surface area contributed by atoms with Gasteiger partial charge in [-0.15, -0.1) is 11.3 Å². The Morgan fingerprint density at radius 1 is 1.00 bits per heavy atom. The number of hydrogen-bond donors (Lipinski definition) is 2. The van der Waals surface area contributed by atoms with Gasteiger partial charge in [0.2, 0.25) is 15.9 Å². The molecule has 1 aliphatic heterocycles. The summed E-state index contributed by atoms with van der Waals surface area (Å²) < 4.78 is 30.8. The second-order valence-electron chi connectivity index (χ2n) is 8.68. The van der Waals surface area contributed by atoms with Crippen LogP contribution in [0, 0.1) is 0 Å². The first-order valence-electron chi connectivity index (χ1n) is 11.9. The monoisotopic (exact) mass is 542 g/mol. The number of carbonyl (C=O) groups is 2. The molecule has 3 aromatic rings. The predicted molar refractivity (Wildman–Crippen MR) is 148 cm³/mol. The van der Waals surface area contributed by atoms with Crippen LogP contribution in [0.1, 0.15) is 17.3 Å². The zero-order valence-corrected chi connectivity index (χ0v) is 22.4. The number of nitrogens with one attached hydrogen (secondary N) is 2. The molecule has 196 valence electrons. The van der Waals surface area contributed by atoms with Crippen LogP contribution in [-0.2, 0) is 19.6 Å². The SMILES string of the molecule is CCOC(=O)c1cc(-c2ccccc2)sc1NC(=O)CN1CCN(c2cccc(NS(C)(=O)=O)c2)CC1. The average Bonchev–Trinajstić information content (AvgIpc) is 3.28. The van der Waals surface area contributed by atoms with E-state index in [0.29, 0.717) is 42.4 Å². The topological polar surface area (TPSA) is 108 Å². The van der Waals surface area contributed by atoms with Crippen molar-refractivity contribution in [2.75, 3.05) is 60.5 Å². The van der Waals surface area contributed by atoms with Crippen LogP contribution in [-0.4, -0.2) is 70.8 Å². The molecule has 2 heterocycles. The Morgan fingerprint density at radius 3 is 2.41 bits per heavy atom. The minimum Gasteiger partial charge on any atom is -0.462 e. The summed E-state index contributed by atoms with van der Waals surface area (Å²) in [5.74, 6) is -0.655. The quantitative estimate of drug-likeness (QED) is 0.397. The van der Waals surface area contributed by atoms with E-state index in [0.717, 1.165) is 22.4 Å². The number of rotatable bonds is 9. The molecule has 2 aromatic carbocycles. The van der Waals surface area contributed by atoms with Crippen molar-refractivity contribution in [1.29, 1.82) is 0 Å². The van der Waals surface area contributed by atoms with Gasteiger partial charge < -0.3 is 15.0 Å². The first-order chi connectivity index (χ1) is 17.7. The van der Waals surface area contributed by atoms with E-state index in [2.05, 4.69) is 19.8 Å². The maximum absolute atomic E-state index is 12.9. The molecule has 1 aromatic heterocycles. The standard InChI is InChI=1S/C26H30N4O5S2/c1-3-35-26(32)22-17-23(19-8-5-4-6-9-19)36-25(22)27-24(31)18-29-12-14-30(15-13-29)21-11-7-10-20(16-21)28-37(2,33)34/h4-11,16-17,28H,3,12-15,18H2,1-2H3,(H,27,31). The summed E-state index contributed by atoms with van der Waals surface area (Å²) in [4.78, 5) is 30.5. The van der Waals surface area contributed by atoms with Gasteiger partial charge >= 0.3 is 5.97 Å². The number of sulfonamides is 1. The smallest absolute Gasteiger partial charge is 0.341 e. The summed E-state index contributed by atoms with van der Waals surface area (Å²) in [6.07, 6.45) is 1.12. The molecule has 0 radical (unpaired) electrons. The van der Waals surface area contributed by atoms with Crippen LogP contribution >= 0.6 is 11.3 Å². The molecule has 0 bridgehead atoms. The summed E-state index contributed by atoms with van der Waals surface area (Å²) in [6, 6.07) is 18.7. The number of esters is 1. The molecule has 0 atom stereocenters. The van der Waals surface area contributed by atoms with E-state index in [9.17, 15) is 18.0 Å². The van der Waals surface area contributed by atoms with E-state index in [4.69, 9.17) is 4.74 Å². The Hall–Kier alpha value is -3.41. The van der Waals surface area contributed by atoms with Crippen molar-refractivity contribution in [3.8, 4) is 10.4 Å². The van der Waals surface area contributed by atoms with Gasteiger partial charge in [0, 0.05) is 36.7 Å². The zero-order valence-electron chi connectivity index (χ0n) is 20.8. The molecule has 9 nitrogen and oxygen atoms in total. The molecule has 1 saturated heterocycles. The Bertz CT molecular complexity index is 1350. The Balaban J connectivity index is 1.37. The van der Waals surface area contributed by atoms with E-state index in [-0.39, 0.29) is 19.1 Å². The molecule has 1 aliphatic rings. The average molecular weight is 543 g/mol. The van der Waals surface area contributed by atoms with Gasteiger partial charge in [0.15, 0.2) is 0 Å². The number of ether oxygens (including phenoxy) is 1. The first-order valence-corrected chi connectivity index (χ1v) is 14.6. The molecule has 1 amide bonds. The van der Waals surface area contributed by atoms with Gasteiger partial charge in [-0.2, -0.15) is 0 Å². The summed E-state index contributed by atoms with van der Waals surface area (Å²) >= 11 is 1.35. The lowest BCUT2D eigenvalue weighted by atomic mass is 10.1. The zero-order chi connectivity index (χ0) is 26.4. The molecular weight excluding hydrogens is 512 g/mol. The van der Waals surface area contributed by atoms with Crippen molar-refractivity contribution in [3.63, 3.8) is 0 Å². The van der Waals surface area contributed by atoms with Crippen LogP contribution in [0.15, 0.2) is 60.7 Å². The van der Waals surface area contributed by atoms with Gasteiger partial charge in [0.25, 0.3) is 0 Å². The Kier molecular flexibility index (Phi) is 8.47. The maximum atomic E-state index is 12.9. The Labute approximate surface area is 221 Å². The molecule has 0 aliphatic carbocycles. The molecular formula is C26H30N4O5S2. The van der Waals surface area contributed by atoms with E-state index < -0.39 is 16.0 Å². The van der Waals surface area contributed by atoms with Gasteiger partial charge in [-0.3, -0.25) is 14.4 Å². The second-order valence-corrected chi connectivity index (χ2v) is 11.5.